The van der Waals surface area contributed by atoms with E-state index in [-0.39, 0.29) is 20.8 Å². The molecular weight excluding hydrogens is 201 g/mol. The monoisotopic (exact) mass is 219 g/mol. The van der Waals surface area contributed by atoms with E-state index in [2.05, 4.69) is 4.99 Å². The Hall–Kier alpha value is -1.43. The van der Waals surface area contributed by atoms with Crippen LogP contribution in [0.5, 0.6) is 0 Å². The van der Waals surface area contributed by atoms with Crippen LogP contribution in [0.2, 0.25) is 0 Å². The zero-order valence-electron chi connectivity index (χ0n) is 8.61. The third-order valence-corrected chi connectivity index (χ3v) is 1.64. The number of hydrogen-bond donors (Lipinski definition) is 3. The summed E-state index contributed by atoms with van der Waals surface area (Å²) in [6, 6.07) is -0.950. The van der Waals surface area contributed by atoms with Crippen LogP contribution in [0.3, 0.4) is 0 Å². The van der Waals surface area contributed by atoms with Gasteiger partial charge in [-0.3, -0.25) is 9.79 Å². The van der Waals surface area contributed by atoms with Crippen molar-refractivity contribution in [2.45, 2.75) is 25.8 Å². The minimum atomic E-state index is -1.08. The molecule has 0 aliphatic carbocycles. The summed E-state index contributed by atoms with van der Waals surface area (Å²) in [6.07, 6.45) is 1.75. The second-order valence-corrected chi connectivity index (χ2v) is 3.13. The van der Waals surface area contributed by atoms with Gasteiger partial charge in [0.2, 0.25) is 0 Å². The number of nitrogens with two attached hydrogens (primary N) is 2. The molecule has 0 saturated heterocycles. The number of nitrogens with zero attached hydrogens (tertiary/aromatic N) is 1. The van der Waals surface area contributed by atoms with Crippen LogP contribution in [0.15, 0.2) is 16.9 Å². The first-order valence-electron chi connectivity index (χ1n) is 4.53. The number of hydrogen-bond acceptors (Lipinski definition) is 3. The van der Waals surface area contributed by atoms with Gasteiger partial charge in [0.25, 0.3) is 0 Å². The molecular formula is C9H18FN3O2. The van der Waals surface area contributed by atoms with E-state index in [1.54, 1.807) is 6.92 Å². The lowest BCUT2D eigenvalue weighted by molar-refractivity contribution is -0.138. The van der Waals surface area contributed by atoms with Crippen LogP contribution in [0.25, 0.3) is 0 Å². The lowest BCUT2D eigenvalue weighted by Gasteiger charge is -2.02. The number of aliphatic imine (C=N–C) groups is 1. The minimum Gasteiger partial charge on any atom is -0.480 e. The molecule has 0 aromatic rings. The quantitative estimate of drug-likeness (QED) is 0.451. The second-order valence-electron chi connectivity index (χ2n) is 3.13. The molecule has 0 rings (SSSR count). The maximum absolute atomic E-state index is 12.9. The number of rotatable bonds is 6. The summed E-state index contributed by atoms with van der Waals surface area (Å²) >= 11 is 0. The minimum absolute atomic E-state index is 0. The molecule has 88 valence electrons. The highest BCUT2D eigenvalue weighted by Crippen LogP contribution is 2.03. The molecule has 0 aromatic heterocycles. The Morgan fingerprint density at radius 2 is 2.33 bits per heavy atom. The van der Waals surface area contributed by atoms with Gasteiger partial charge in [-0.2, -0.15) is 0 Å². The van der Waals surface area contributed by atoms with Crippen molar-refractivity contribution < 1.29 is 15.7 Å². The summed E-state index contributed by atoms with van der Waals surface area (Å²) in [5.41, 5.74) is 10.4. The van der Waals surface area contributed by atoms with E-state index >= 15 is 0 Å². The Labute approximate surface area is 89.2 Å². The molecule has 6 heteroatoms. The van der Waals surface area contributed by atoms with Crippen LogP contribution in [-0.2, 0) is 4.79 Å². The number of aliphatic carboxylic acids is 1. The highest BCUT2D eigenvalue weighted by molar-refractivity contribution is 5.77. The molecule has 0 aliphatic heterocycles. The molecule has 0 amide bonds. The van der Waals surface area contributed by atoms with Crippen molar-refractivity contribution in [2.75, 3.05) is 6.54 Å². The molecule has 0 unspecified atom stereocenters. The summed E-state index contributed by atoms with van der Waals surface area (Å²) in [5.74, 6) is -1.21. The number of carboxylic acids is 1. The van der Waals surface area contributed by atoms with Crippen LogP contribution in [0, 0.1) is 0 Å². The molecule has 1 atom stereocenters. The van der Waals surface area contributed by atoms with Crippen molar-refractivity contribution in [1.29, 1.82) is 0 Å². The molecule has 0 saturated carbocycles. The average molecular weight is 219 g/mol. The Balaban J connectivity index is 0. The summed E-state index contributed by atoms with van der Waals surface area (Å²) in [6.45, 7) is 1.46. The van der Waals surface area contributed by atoms with Crippen molar-refractivity contribution >= 4 is 11.8 Å². The van der Waals surface area contributed by atoms with Gasteiger partial charge < -0.3 is 16.6 Å². The molecule has 5 N–H and O–H groups in total. The molecule has 5 nitrogen and oxygen atoms in total. The molecule has 0 radical (unpaired) electrons. The number of amidine groups is 1. The molecule has 0 spiro atoms. The number of allylic oxidation sites excluding steroid dienone is 1. The van der Waals surface area contributed by atoms with Crippen molar-refractivity contribution in [3.63, 3.8) is 0 Å². The Morgan fingerprint density at radius 3 is 2.80 bits per heavy atom. The maximum Gasteiger partial charge on any atom is 0.320 e. The highest BCUT2D eigenvalue weighted by atomic mass is 19.1. The van der Waals surface area contributed by atoms with Crippen molar-refractivity contribution in [2.24, 2.45) is 16.5 Å². The van der Waals surface area contributed by atoms with Crippen LogP contribution in [0.4, 0.5) is 4.39 Å². The van der Waals surface area contributed by atoms with Gasteiger partial charge in [-0.05, 0) is 19.8 Å². The number of carbonyl (C=O) groups is 1. The van der Waals surface area contributed by atoms with Crippen LogP contribution < -0.4 is 11.5 Å². The fourth-order valence-electron chi connectivity index (χ4n) is 0.808. The fraction of sp³-hybridized carbons (Fsp3) is 0.556. The SMILES string of the molecule is CC(N)=NCC(F)=CCC[C@H](N)C(=O)O.[HH]. The van der Waals surface area contributed by atoms with Gasteiger partial charge in [0.1, 0.15) is 11.9 Å². The van der Waals surface area contributed by atoms with Gasteiger partial charge in [0, 0.05) is 1.43 Å². The summed E-state index contributed by atoms with van der Waals surface area (Å²) in [7, 11) is 0. The molecule has 0 fully saturated rings. The van der Waals surface area contributed by atoms with E-state index in [1.807, 2.05) is 0 Å². The van der Waals surface area contributed by atoms with Crippen molar-refractivity contribution in [3.05, 3.63) is 11.9 Å². The zero-order valence-corrected chi connectivity index (χ0v) is 8.61. The van der Waals surface area contributed by atoms with Crippen LogP contribution >= 0.6 is 0 Å². The summed E-state index contributed by atoms with van der Waals surface area (Å²) in [4.78, 5) is 14.0. The lowest BCUT2D eigenvalue weighted by Crippen LogP contribution is -2.29. The zero-order chi connectivity index (χ0) is 11.8. The predicted octanol–water partition coefficient (Wildman–Crippen LogP) is 0.655. The molecule has 0 heterocycles. The van der Waals surface area contributed by atoms with Crippen LogP contribution in [-0.4, -0.2) is 29.5 Å². The van der Waals surface area contributed by atoms with E-state index in [9.17, 15) is 9.18 Å². The van der Waals surface area contributed by atoms with E-state index in [1.165, 1.54) is 6.08 Å². The first-order valence-corrected chi connectivity index (χ1v) is 4.53. The smallest absolute Gasteiger partial charge is 0.320 e. The van der Waals surface area contributed by atoms with E-state index in [4.69, 9.17) is 16.6 Å². The standard InChI is InChI=1S/C9H16FN3O2.H2/c1-6(11)13-5-7(10)3-2-4-8(12)9(14)15;/h3,8H,2,4-5,12H2,1H3,(H2,11,13)(H,14,15);1H/t8-;/m0./s1. The van der Waals surface area contributed by atoms with Crippen molar-refractivity contribution in [1.82, 2.24) is 0 Å². The van der Waals surface area contributed by atoms with Gasteiger partial charge in [0.05, 0.1) is 12.4 Å². The van der Waals surface area contributed by atoms with Crippen molar-refractivity contribution in [3.8, 4) is 0 Å². The second kappa shape index (κ2) is 6.94. The first-order chi connectivity index (χ1) is 6.93. The first kappa shape index (κ1) is 13.6. The number of halogens is 1. The topological polar surface area (TPSA) is 102 Å². The molecule has 15 heavy (non-hydrogen) atoms. The predicted molar refractivity (Wildman–Crippen MR) is 58.3 cm³/mol. The molecule has 0 bridgehead atoms. The third-order valence-electron chi connectivity index (χ3n) is 1.64. The lowest BCUT2D eigenvalue weighted by atomic mass is 10.1. The maximum atomic E-state index is 12.9. The van der Waals surface area contributed by atoms with Crippen LogP contribution in [0.1, 0.15) is 21.2 Å². The Morgan fingerprint density at radius 1 is 1.73 bits per heavy atom. The fourth-order valence-corrected chi connectivity index (χ4v) is 0.808. The summed E-state index contributed by atoms with van der Waals surface area (Å²) < 4.78 is 12.9. The van der Waals surface area contributed by atoms with Gasteiger partial charge in [-0.25, -0.2) is 4.39 Å². The summed E-state index contributed by atoms with van der Waals surface area (Å²) in [5, 5.41) is 8.45. The van der Waals surface area contributed by atoms with Gasteiger partial charge >= 0.3 is 5.97 Å². The Kier molecular flexibility index (Phi) is 6.28. The van der Waals surface area contributed by atoms with Gasteiger partial charge in [-0.15, -0.1) is 0 Å². The Bertz CT molecular complexity index is 278. The number of carboxylic acid groups (broad SMARTS) is 1. The van der Waals surface area contributed by atoms with Gasteiger partial charge in [0.15, 0.2) is 0 Å². The van der Waals surface area contributed by atoms with E-state index < -0.39 is 17.8 Å². The molecule has 0 aliphatic rings. The highest BCUT2D eigenvalue weighted by Gasteiger charge is 2.09. The largest absolute Gasteiger partial charge is 0.480 e. The van der Waals surface area contributed by atoms with Gasteiger partial charge in [-0.1, -0.05) is 6.08 Å². The third kappa shape index (κ3) is 7.63. The molecule has 0 aromatic carbocycles. The van der Waals surface area contributed by atoms with E-state index in [0.29, 0.717) is 5.84 Å². The van der Waals surface area contributed by atoms with E-state index in [0.717, 1.165) is 0 Å². The normalized spacial score (nSPS) is 15.1. The average Bonchev–Trinajstić information content (AvgIpc) is 2.14.